The summed E-state index contributed by atoms with van der Waals surface area (Å²) in [4.78, 5) is 17.5. The number of likely N-dealkylation sites (N-methyl/N-ethyl adjacent to an activating group) is 1. The van der Waals surface area contributed by atoms with Crippen molar-refractivity contribution in [2.45, 2.75) is 25.7 Å². The van der Waals surface area contributed by atoms with Crippen LogP contribution in [0.1, 0.15) is 23.1 Å². The summed E-state index contributed by atoms with van der Waals surface area (Å²) in [6.07, 6.45) is 3.55. The fourth-order valence-corrected chi connectivity index (χ4v) is 6.06. The molecule has 1 aromatic carbocycles. The lowest BCUT2D eigenvalue weighted by Crippen LogP contribution is -2.27. The summed E-state index contributed by atoms with van der Waals surface area (Å²) in [5.41, 5.74) is 7.89. The van der Waals surface area contributed by atoms with Gasteiger partial charge >= 0.3 is 0 Å². The number of benzene rings is 1. The molecule has 1 atom stereocenters. The second-order valence-corrected chi connectivity index (χ2v) is 10.8. The monoisotopic (exact) mass is 537 g/mol. The molecule has 3 aromatic heterocycles. The van der Waals surface area contributed by atoms with Crippen molar-refractivity contribution in [3.63, 3.8) is 0 Å². The number of fused-ring (bicyclic) bond motifs is 4. The predicted octanol–water partition coefficient (Wildman–Crippen LogP) is 3.83. The van der Waals surface area contributed by atoms with Gasteiger partial charge in [0.1, 0.15) is 16.6 Å². The molecule has 38 heavy (non-hydrogen) atoms. The number of rotatable bonds is 6. The largest absolute Gasteiger partial charge is 0.389 e. The Labute approximate surface area is 221 Å². The van der Waals surface area contributed by atoms with Crippen LogP contribution in [0.5, 0.6) is 0 Å². The lowest BCUT2D eigenvalue weighted by Gasteiger charge is -2.19. The number of anilines is 2. The molecule has 1 saturated heterocycles. The highest BCUT2D eigenvalue weighted by molar-refractivity contribution is 7.23. The zero-order valence-corrected chi connectivity index (χ0v) is 21.7. The number of ether oxygens (including phenoxy) is 2. The zero-order chi connectivity index (χ0) is 26.6. The van der Waals surface area contributed by atoms with Gasteiger partial charge in [-0.05, 0) is 31.6 Å². The van der Waals surface area contributed by atoms with Crippen molar-refractivity contribution in [1.82, 2.24) is 19.9 Å². The van der Waals surface area contributed by atoms with Gasteiger partial charge in [-0.2, -0.15) is 5.26 Å². The Balaban J connectivity index is 1.46. The number of nitrogen functional groups attached to an aromatic ring is 1. The molecule has 0 unspecified atom stereocenters. The van der Waals surface area contributed by atoms with Gasteiger partial charge in [0, 0.05) is 42.2 Å². The number of halogens is 2. The first-order chi connectivity index (χ1) is 18.4. The van der Waals surface area contributed by atoms with E-state index in [1.54, 1.807) is 6.20 Å². The Hall–Kier alpha value is -3.50. The Morgan fingerprint density at radius 2 is 2.08 bits per heavy atom. The average Bonchev–Trinajstić information content (AvgIpc) is 3.64. The second kappa shape index (κ2) is 9.67. The van der Waals surface area contributed by atoms with E-state index in [9.17, 15) is 9.65 Å². The molecule has 2 aliphatic rings. The zero-order valence-electron chi connectivity index (χ0n) is 20.9. The van der Waals surface area contributed by atoms with E-state index in [0.717, 1.165) is 36.1 Å². The maximum Gasteiger partial charge on any atom is 0.226 e. The highest BCUT2D eigenvalue weighted by atomic mass is 32.1. The van der Waals surface area contributed by atoms with Gasteiger partial charge in [0.25, 0.3) is 0 Å². The molecule has 4 aromatic rings. The van der Waals surface area contributed by atoms with Gasteiger partial charge in [0.05, 0.1) is 48.1 Å². The smallest absolute Gasteiger partial charge is 0.226 e. The maximum absolute atomic E-state index is 16.4. The summed E-state index contributed by atoms with van der Waals surface area (Å²) in [5, 5.41) is 10.7. The normalized spacial score (nSPS) is 17.2. The van der Waals surface area contributed by atoms with Gasteiger partial charge < -0.3 is 25.0 Å². The van der Waals surface area contributed by atoms with Crippen LogP contribution in [-0.2, 0) is 22.7 Å². The lowest BCUT2D eigenvalue weighted by atomic mass is 9.94. The molecule has 0 spiro atoms. The number of nitrogens with zero attached hydrogens (tertiary/aromatic N) is 6. The number of aromatic nitrogens is 3. The van der Waals surface area contributed by atoms with E-state index < -0.39 is 11.6 Å². The minimum atomic E-state index is -0.614. The fourth-order valence-electron chi connectivity index (χ4n) is 5.14. The molecule has 0 radical (unpaired) electrons. The van der Waals surface area contributed by atoms with Crippen molar-refractivity contribution in [2.75, 3.05) is 51.0 Å². The van der Waals surface area contributed by atoms with Crippen LogP contribution in [0.15, 0.2) is 12.4 Å². The van der Waals surface area contributed by atoms with Crippen LogP contribution in [0.2, 0.25) is 0 Å². The first kappa shape index (κ1) is 24.8. The molecule has 2 aliphatic heterocycles. The van der Waals surface area contributed by atoms with Crippen LogP contribution in [0, 0.1) is 23.0 Å². The van der Waals surface area contributed by atoms with Crippen LogP contribution in [0.3, 0.4) is 0 Å². The number of thiophene rings is 1. The Kier molecular flexibility index (Phi) is 6.31. The standard InChI is InChI=1S/C26H25F2N7O2S/c1-34(2)5-6-37-13-3-4-35(10-13)26-32-8-15-16-11-36-12-17(16)19(21(28)22(15)33-26)23-20-14(7-29)25(30)38-24(20)18(27)9-31-23/h8-9,13H,3-6,10-12,30H2,1-2H3/t13-/m0/s1. The topological polar surface area (TPSA) is 113 Å². The molecule has 0 amide bonds. The SMILES string of the molecule is CN(C)CCO[C@H]1CCN(c2ncc3c4c(c(-c5ncc(F)c6sc(N)c(C#N)c56)c(F)c3n2)COC4)C1. The molecule has 0 aliphatic carbocycles. The Bertz CT molecular complexity index is 1620. The third kappa shape index (κ3) is 4.03. The van der Waals surface area contributed by atoms with Crippen molar-refractivity contribution < 1.29 is 18.3 Å². The molecule has 12 heteroatoms. The van der Waals surface area contributed by atoms with E-state index >= 15 is 4.39 Å². The lowest BCUT2D eigenvalue weighted by molar-refractivity contribution is 0.0580. The van der Waals surface area contributed by atoms with Crippen LogP contribution >= 0.6 is 11.3 Å². The van der Waals surface area contributed by atoms with Gasteiger partial charge in [-0.3, -0.25) is 4.98 Å². The van der Waals surface area contributed by atoms with E-state index in [1.807, 2.05) is 25.1 Å². The molecule has 0 bridgehead atoms. The molecule has 9 nitrogen and oxygen atoms in total. The van der Waals surface area contributed by atoms with Crippen LogP contribution in [0.25, 0.3) is 32.2 Å². The summed E-state index contributed by atoms with van der Waals surface area (Å²) in [5.74, 6) is -0.813. The van der Waals surface area contributed by atoms with Gasteiger partial charge in [0.15, 0.2) is 11.6 Å². The molecule has 6 rings (SSSR count). The summed E-state index contributed by atoms with van der Waals surface area (Å²) in [6, 6.07) is 2.03. The quantitative estimate of drug-likeness (QED) is 0.392. The number of pyridine rings is 1. The highest BCUT2D eigenvalue weighted by Crippen LogP contribution is 2.45. The third-order valence-corrected chi connectivity index (χ3v) is 8.08. The van der Waals surface area contributed by atoms with Crippen molar-refractivity contribution >= 4 is 43.3 Å². The Morgan fingerprint density at radius 3 is 2.87 bits per heavy atom. The number of nitriles is 1. The number of hydrogen-bond acceptors (Lipinski definition) is 10. The van der Waals surface area contributed by atoms with E-state index in [2.05, 4.69) is 19.9 Å². The third-order valence-electron chi connectivity index (χ3n) is 7.05. The maximum atomic E-state index is 16.4. The van der Waals surface area contributed by atoms with Crippen LogP contribution < -0.4 is 10.6 Å². The van der Waals surface area contributed by atoms with Crippen molar-refractivity contribution in [3.8, 4) is 17.3 Å². The minimum absolute atomic E-state index is 0.0493. The molecule has 0 saturated carbocycles. The first-order valence-corrected chi connectivity index (χ1v) is 13.0. The summed E-state index contributed by atoms with van der Waals surface area (Å²) in [6.45, 7) is 3.18. The molecule has 5 heterocycles. The predicted molar refractivity (Wildman–Crippen MR) is 141 cm³/mol. The summed E-state index contributed by atoms with van der Waals surface area (Å²) >= 11 is 0.948. The molecule has 196 valence electrons. The summed E-state index contributed by atoms with van der Waals surface area (Å²) in [7, 11) is 4.00. The summed E-state index contributed by atoms with van der Waals surface area (Å²) < 4.78 is 42.9. The fraction of sp³-hybridized carbons (Fsp3) is 0.385. The van der Waals surface area contributed by atoms with E-state index in [-0.39, 0.29) is 56.7 Å². The molecular formula is C26H25F2N7O2S. The van der Waals surface area contributed by atoms with Crippen LogP contribution in [0.4, 0.5) is 19.7 Å². The highest BCUT2D eigenvalue weighted by Gasteiger charge is 2.31. The Morgan fingerprint density at radius 1 is 1.26 bits per heavy atom. The van der Waals surface area contributed by atoms with Crippen LogP contribution in [-0.4, -0.2) is 66.3 Å². The van der Waals surface area contributed by atoms with E-state index in [1.165, 1.54) is 0 Å². The molecular weight excluding hydrogens is 512 g/mol. The number of hydrogen-bond donors (Lipinski definition) is 1. The number of nitrogens with two attached hydrogens (primary N) is 1. The average molecular weight is 538 g/mol. The molecule has 1 fully saturated rings. The second-order valence-electron chi connectivity index (χ2n) is 9.71. The van der Waals surface area contributed by atoms with Gasteiger partial charge in [-0.25, -0.2) is 18.7 Å². The molecule has 2 N–H and O–H groups in total. The van der Waals surface area contributed by atoms with Gasteiger partial charge in [0.2, 0.25) is 5.95 Å². The van der Waals surface area contributed by atoms with Gasteiger partial charge in [-0.1, -0.05) is 0 Å². The van der Waals surface area contributed by atoms with E-state index in [0.29, 0.717) is 36.6 Å². The minimum Gasteiger partial charge on any atom is -0.389 e. The van der Waals surface area contributed by atoms with Gasteiger partial charge in [-0.15, -0.1) is 11.3 Å². The van der Waals surface area contributed by atoms with E-state index in [4.69, 9.17) is 15.2 Å². The van der Waals surface area contributed by atoms with Crippen molar-refractivity contribution in [2.24, 2.45) is 0 Å². The van der Waals surface area contributed by atoms with Crippen molar-refractivity contribution in [3.05, 3.63) is 40.7 Å². The van der Waals surface area contributed by atoms with Crippen molar-refractivity contribution in [1.29, 1.82) is 5.26 Å². The first-order valence-electron chi connectivity index (χ1n) is 12.2.